The van der Waals surface area contributed by atoms with Crippen LogP contribution in [-0.2, 0) is 11.2 Å². The number of carboxylic acids is 1. The molecule has 106 valence electrons. The predicted molar refractivity (Wildman–Crippen MR) is 78.4 cm³/mol. The summed E-state index contributed by atoms with van der Waals surface area (Å²) in [6, 6.07) is 7.86. The van der Waals surface area contributed by atoms with Gasteiger partial charge in [-0.1, -0.05) is 30.7 Å². The molecule has 3 nitrogen and oxygen atoms in total. The fourth-order valence-electron chi connectivity index (χ4n) is 2.30. The van der Waals surface area contributed by atoms with Gasteiger partial charge in [-0.05, 0) is 55.3 Å². The molecule has 1 aromatic carbocycles. The highest BCUT2D eigenvalue weighted by Gasteiger charge is 2.15. The molecule has 0 spiro atoms. The summed E-state index contributed by atoms with van der Waals surface area (Å²) in [5.41, 5.74) is 6.84. The Morgan fingerprint density at radius 2 is 2.21 bits per heavy atom. The first-order valence-electron chi connectivity index (χ1n) is 6.67. The van der Waals surface area contributed by atoms with Gasteiger partial charge in [-0.15, -0.1) is 0 Å². The van der Waals surface area contributed by atoms with Crippen molar-refractivity contribution >= 4 is 17.6 Å². The average molecular weight is 284 g/mol. The van der Waals surface area contributed by atoms with Gasteiger partial charge in [0.05, 0.1) is 0 Å². The maximum absolute atomic E-state index is 10.7. The summed E-state index contributed by atoms with van der Waals surface area (Å²) < 4.78 is 0. The Hall–Kier alpha value is -1.06. The summed E-state index contributed by atoms with van der Waals surface area (Å²) in [6.45, 7) is 2.59. The molecule has 0 saturated heterocycles. The largest absolute Gasteiger partial charge is 0.481 e. The van der Waals surface area contributed by atoms with E-state index in [1.165, 1.54) is 5.56 Å². The SMILES string of the molecule is C[C@H](CCc1cccc(Cl)c1)C[C@H](CN)CC(=O)O. The van der Waals surface area contributed by atoms with Crippen molar-refractivity contribution in [3.8, 4) is 0 Å². The van der Waals surface area contributed by atoms with Gasteiger partial charge in [-0.3, -0.25) is 4.79 Å². The highest BCUT2D eigenvalue weighted by molar-refractivity contribution is 6.30. The molecule has 0 heterocycles. The van der Waals surface area contributed by atoms with E-state index in [1.807, 2.05) is 18.2 Å². The Kier molecular flexibility index (Phi) is 6.89. The smallest absolute Gasteiger partial charge is 0.303 e. The Morgan fingerprint density at radius 3 is 2.79 bits per heavy atom. The zero-order chi connectivity index (χ0) is 14.3. The zero-order valence-electron chi connectivity index (χ0n) is 11.3. The van der Waals surface area contributed by atoms with E-state index >= 15 is 0 Å². The third kappa shape index (κ3) is 6.60. The van der Waals surface area contributed by atoms with Crippen molar-refractivity contribution in [2.75, 3.05) is 6.54 Å². The monoisotopic (exact) mass is 283 g/mol. The number of aliphatic carboxylic acids is 1. The van der Waals surface area contributed by atoms with Gasteiger partial charge in [0.15, 0.2) is 0 Å². The van der Waals surface area contributed by atoms with Crippen LogP contribution >= 0.6 is 11.6 Å². The Labute approximate surface area is 119 Å². The zero-order valence-corrected chi connectivity index (χ0v) is 12.1. The predicted octanol–water partition coefficient (Wildman–Crippen LogP) is 3.35. The number of carbonyl (C=O) groups is 1. The maximum atomic E-state index is 10.7. The summed E-state index contributed by atoms with van der Waals surface area (Å²) >= 11 is 5.94. The fraction of sp³-hybridized carbons (Fsp3) is 0.533. The summed E-state index contributed by atoms with van der Waals surface area (Å²) in [4.78, 5) is 10.7. The Morgan fingerprint density at radius 1 is 1.47 bits per heavy atom. The van der Waals surface area contributed by atoms with Crippen LogP contribution in [0, 0.1) is 11.8 Å². The summed E-state index contributed by atoms with van der Waals surface area (Å²) in [5, 5.41) is 9.56. The lowest BCUT2D eigenvalue weighted by Gasteiger charge is -2.18. The van der Waals surface area contributed by atoms with Crippen molar-refractivity contribution in [1.29, 1.82) is 0 Å². The van der Waals surface area contributed by atoms with Gasteiger partial charge in [0.1, 0.15) is 0 Å². The van der Waals surface area contributed by atoms with Gasteiger partial charge in [0.2, 0.25) is 0 Å². The first kappa shape index (κ1) is 16.0. The van der Waals surface area contributed by atoms with E-state index in [1.54, 1.807) is 0 Å². The van der Waals surface area contributed by atoms with E-state index in [2.05, 4.69) is 13.0 Å². The van der Waals surface area contributed by atoms with Crippen LogP contribution < -0.4 is 5.73 Å². The van der Waals surface area contributed by atoms with Crippen LogP contribution in [0.5, 0.6) is 0 Å². The molecule has 1 aromatic rings. The number of hydrogen-bond acceptors (Lipinski definition) is 2. The number of aryl methyl sites for hydroxylation is 1. The second-order valence-corrected chi connectivity index (χ2v) is 5.65. The summed E-state index contributed by atoms with van der Waals surface area (Å²) in [5.74, 6) is -0.226. The van der Waals surface area contributed by atoms with Crippen LogP contribution in [0.15, 0.2) is 24.3 Å². The molecule has 0 unspecified atom stereocenters. The van der Waals surface area contributed by atoms with E-state index in [0.717, 1.165) is 24.3 Å². The van der Waals surface area contributed by atoms with Gasteiger partial charge in [0, 0.05) is 11.4 Å². The van der Waals surface area contributed by atoms with Crippen molar-refractivity contribution < 1.29 is 9.90 Å². The Balaban J connectivity index is 2.38. The van der Waals surface area contributed by atoms with Crippen LogP contribution in [0.3, 0.4) is 0 Å². The van der Waals surface area contributed by atoms with Gasteiger partial charge in [-0.2, -0.15) is 0 Å². The quantitative estimate of drug-likeness (QED) is 0.769. The van der Waals surface area contributed by atoms with Gasteiger partial charge >= 0.3 is 5.97 Å². The van der Waals surface area contributed by atoms with E-state index in [9.17, 15) is 4.79 Å². The second-order valence-electron chi connectivity index (χ2n) is 5.21. The minimum atomic E-state index is -0.766. The molecule has 1 rings (SSSR count). The normalized spacial score (nSPS) is 14.1. The first-order chi connectivity index (χ1) is 9.01. The lowest BCUT2D eigenvalue weighted by Crippen LogP contribution is -2.20. The number of benzene rings is 1. The number of nitrogens with two attached hydrogens (primary N) is 1. The van der Waals surface area contributed by atoms with Crippen molar-refractivity contribution in [2.24, 2.45) is 17.6 Å². The molecule has 0 aliphatic carbocycles. The number of halogens is 1. The molecular weight excluding hydrogens is 262 g/mol. The molecular formula is C15H22ClNO2. The molecule has 0 bridgehead atoms. The number of carboxylic acid groups (broad SMARTS) is 1. The van der Waals surface area contributed by atoms with Crippen LogP contribution in [0.25, 0.3) is 0 Å². The molecule has 0 aliphatic heterocycles. The molecule has 3 N–H and O–H groups in total. The molecule has 0 amide bonds. The van der Waals surface area contributed by atoms with Crippen molar-refractivity contribution in [2.45, 2.75) is 32.6 Å². The molecule has 2 atom stereocenters. The van der Waals surface area contributed by atoms with Gasteiger partial charge in [-0.25, -0.2) is 0 Å². The maximum Gasteiger partial charge on any atom is 0.303 e. The van der Waals surface area contributed by atoms with Gasteiger partial charge < -0.3 is 10.8 Å². The van der Waals surface area contributed by atoms with Crippen molar-refractivity contribution in [1.82, 2.24) is 0 Å². The van der Waals surface area contributed by atoms with Crippen LogP contribution in [-0.4, -0.2) is 17.6 Å². The van der Waals surface area contributed by atoms with Crippen LogP contribution in [0.1, 0.15) is 31.7 Å². The fourth-order valence-corrected chi connectivity index (χ4v) is 2.52. The summed E-state index contributed by atoms with van der Waals surface area (Å²) in [7, 11) is 0. The van der Waals surface area contributed by atoms with E-state index < -0.39 is 5.97 Å². The highest BCUT2D eigenvalue weighted by Crippen LogP contribution is 2.20. The second kappa shape index (κ2) is 8.18. The third-order valence-electron chi connectivity index (χ3n) is 3.35. The minimum absolute atomic E-state index is 0.0758. The van der Waals surface area contributed by atoms with Crippen LogP contribution in [0.2, 0.25) is 5.02 Å². The molecule has 19 heavy (non-hydrogen) atoms. The third-order valence-corrected chi connectivity index (χ3v) is 3.58. The minimum Gasteiger partial charge on any atom is -0.481 e. The molecule has 4 heteroatoms. The average Bonchev–Trinajstić information content (AvgIpc) is 2.35. The van der Waals surface area contributed by atoms with E-state index in [0.29, 0.717) is 12.5 Å². The standard InChI is InChI=1S/C15H22ClNO2/c1-11(7-13(10-17)9-15(18)19)5-6-12-3-2-4-14(16)8-12/h2-4,8,11,13H,5-7,9-10,17H2,1H3,(H,18,19)/t11-,13+/m1/s1. The molecule has 0 radical (unpaired) electrons. The lowest BCUT2D eigenvalue weighted by molar-refractivity contribution is -0.138. The molecule has 0 aliphatic rings. The lowest BCUT2D eigenvalue weighted by atomic mass is 9.89. The summed E-state index contributed by atoms with van der Waals surface area (Å²) in [6.07, 6.45) is 3.02. The Bertz CT molecular complexity index is 409. The highest BCUT2D eigenvalue weighted by atomic mass is 35.5. The molecule has 0 fully saturated rings. The van der Waals surface area contributed by atoms with E-state index in [-0.39, 0.29) is 12.3 Å². The molecule has 0 aromatic heterocycles. The van der Waals surface area contributed by atoms with Crippen LogP contribution in [0.4, 0.5) is 0 Å². The number of hydrogen-bond donors (Lipinski definition) is 2. The topological polar surface area (TPSA) is 63.3 Å². The van der Waals surface area contributed by atoms with Crippen molar-refractivity contribution in [3.05, 3.63) is 34.9 Å². The number of rotatable bonds is 8. The first-order valence-corrected chi connectivity index (χ1v) is 7.05. The van der Waals surface area contributed by atoms with E-state index in [4.69, 9.17) is 22.4 Å². The molecule has 0 saturated carbocycles. The van der Waals surface area contributed by atoms with Crippen molar-refractivity contribution in [3.63, 3.8) is 0 Å². The van der Waals surface area contributed by atoms with Gasteiger partial charge in [0.25, 0.3) is 0 Å².